The minimum atomic E-state index is 0.392. The van der Waals surface area contributed by atoms with Crippen LogP contribution in [0.15, 0.2) is 30.6 Å². The maximum absolute atomic E-state index is 5.81. The van der Waals surface area contributed by atoms with Gasteiger partial charge < -0.3 is 4.74 Å². The summed E-state index contributed by atoms with van der Waals surface area (Å²) in [6.07, 6.45) is 3.27. The molecular weight excluding hydrogens is 264 g/mol. The van der Waals surface area contributed by atoms with Crippen LogP contribution in [0.1, 0.15) is 5.69 Å². The van der Waals surface area contributed by atoms with Gasteiger partial charge in [0.2, 0.25) is 0 Å². The molecule has 0 aliphatic heterocycles. The lowest BCUT2D eigenvalue weighted by molar-refractivity contribution is 0.480. The molecule has 0 unspecified atom stereocenters. The predicted octanol–water partition coefficient (Wildman–Crippen LogP) is 3.12. The van der Waals surface area contributed by atoms with E-state index in [1.165, 1.54) is 0 Å². The Hall–Kier alpha value is -2.14. The Morgan fingerprint density at radius 3 is 2.84 bits per heavy atom. The Bertz CT molecular complexity index is 753. The van der Waals surface area contributed by atoms with E-state index in [1.54, 1.807) is 29.2 Å². The summed E-state index contributed by atoms with van der Waals surface area (Å²) < 4.78 is 7.49. The van der Waals surface area contributed by atoms with Crippen LogP contribution in [-0.2, 0) is 7.05 Å². The number of aryl methyl sites for hydroxylation is 2. The van der Waals surface area contributed by atoms with Gasteiger partial charge in [0, 0.05) is 25.4 Å². The lowest BCUT2D eigenvalue weighted by Crippen LogP contribution is -1.91. The summed E-state index contributed by atoms with van der Waals surface area (Å²) in [7, 11) is 1.88. The highest BCUT2D eigenvalue weighted by molar-refractivity contribution is 6.29. The van der Waals surface area contributed by atoms with Gasteiger partial charge in [0.25, 0.3) is 0 Å². The van der Waals surface area contributed by atoms with Crippen molar-refractivity contribution in [3.63, 3.8) is 0 Å². The Labute approximate surface area is 114 Å². The Balaban J connectivity index is 2.00. The molecule has 0 atom stereocenters. The summed E-state index contributed by atoms with van der Waals surface area (Å²) in [5.41, 5.74) is 2.70. The van der Waals surface area contributed by atoms with Crippen molar-refractivity contribution in [3.8, 4) is 11.5 Å². The molecule has 19 heavy (non-hydrogen) atoms. The number of hydrogen-bond acceptors (Lipinski definition) is 4. The van der Waals surface area contributed by atoms with Crippen LogP contribution in [0.3, 0.4) is 0 Å². The van der Waals surface area contributed by atoms with Crippen molar-refractivity contribution in [3.05, 3.63) is 41.4 Å². The van der Waals surface area contributed by atoms with Gasteiger partial charge >= 0.3 is 0 Å². The molecule has 0 amide bonds. The van der Waals surface area contributed by atoms with Crippen molar-refractivity contribution in [1.82, 2.24) is 19.7 Å². The molecule has 96 valence electrons. The average molecular weight is 275 g/mol. The summed E-state index contributed by atoms with van der Waals surface area (Å²) in [5.74, 6) is 1.26. The van der Waals surface area contributed by atoms with Crippen LogP contribution < -0.4 is 4.74 Å². The smallest absolute Gasteiger partial charge is 0.147 e. The summed E-state index contributed by atoms with van der Waals surface area (Å²) in [6.45, 7) is 1.93. The van der Waals surface area contributed by atoms with Crippen LogP contribution in [-0.4, -0.2) is 19.7 Å². The fourth-order valence-corrected chi connectivity index (χ4v) is 2.09. The molecule has 0 saturated heterocycles. The number of aromatic nitrogens is 4. The van der Waals surface area contributed by atoms with Crippen LogP contribution in [0.5, 0.6) is 11.5 Å². The molecule has 0 aliphatic rings. The van der Waals surface area contributed by atoms with Crippen LogP contribution in [0.2, 0.25) is 5.15 Å². The van der Waals surface area contributed by atoms with Gasteiger partial charge in [-0.05, 0) is 13.0 Å². The van der Waals surface area contributed by atoms with Gasteiger partial charge in [0.05, 0.1) is 17.4 Å². The third-order valence-corrected chi connectivity index (χ3v) is 2.97. The predicted molar refractivity (Wildman–Crippen MR) is 72.6 cm³/mol. The minimum Gasteiger partial charge on any atom is -0.455 e. The van der Waals surface area contributed by atoms with Gasteiger partial charge in [-0.2, -0.15) is 5.10 Å². The summed E-state index contributed by atoms with van der Waals surface area (Å²) in [4.78, 5) is 8.27. The first-order valence-corrected chi connectivity index (χ1v) is 6.10. The number of halogens is 1. The zero-order chi connectivity index (χ0) is 13.4. The molecule has 0 N–H and O–H groups in total. The first-order chi connectivity index (χ1) is 9.13. The Morgan fingerprint density at radius 1 is 1.21 bits per heavy atom. The van der Waals surface area contributed by atoms with Gasteiger partial charge in [-0.25, -0.2) is 9.97 Å². The average Bonchev–Trinajstić information content (AvgIpc) is 2.65. The molecule has 0 saturated carbocycles. The van der Waals surface area contributed by atoms with Crippen molar-refractivity contribution < 1.29 is 4.74 Å². The highest BCUT2D eigenvalue weighted by Crippen LogP contribution is 2.25. The van der Waals surface area contributed by atoms with E-state index in [-0.39, 0.29) is 0 Å². The van der Waals surface area contributed by atoms with E-state index in [0.717, 1.165) is 16.7 Å². The standard InChI is InChI=1S/C13H11ClN4O/c1-8-13-11(18(2)17-8)5-10(7-16-13)19-9-3-4-15-12(14)6-9/h3-7H,1-2H3. The molecule has 3 aromatic heterocycles. The number of ether oxygens (including phenoxy) is 1. The number of nitrogens with zero attached hydrogens (tertiary/aromatic N) is 4. The monoisotopic (exact) mass is 274 g/mol. The second kappa shape index (κ2) is 4.51. The highest BCUT2D eigenvalue weighted by atomic mass is 35.5. The normalized spacial score (nSPS) is 10.9. The number of fused-ring (bicyclic) bond motifs is 1. The Morgan fingerprint density at radius 2 is 2.05 bits per heavy atom. The fraction of sp³-hybridized carbons (Fsp3) is 0.154. The van der Waals surface area contributed by atoms with E-state index in [2.05, 4.69) is 15.1 Å². The number of pyridine rings is 2. The van der Waals surface area contributed by atoms with Crippen LogP contribution in [0, 0.1) is 6.92 Å². The number of hydrogen-bond donors (Lipinski definition) is 0. The zero-order valence-electron chi connectivity index (χ0n) is 10.5. The molecule has 0 fully saturated rings. The molecule has 0 radical (unpaired) electrons. The van der Waals surface area contributed by atoms with Gasteiger partial charge in [0.1, 0.15) is 22.2 Å². The molecule has 0 aromatic carbocycles. The summed E-state index contributed by atoms with van der Waals surface area (Å²) >= 11 is 5.81. The minimum absolute atomic E-state index is 0.392. The Kier molecular flexibility index (Phi) is 2.83. The molecule has 0 spiro atoms. The van der Waals surface area contributed by atoms with Crippen molar-refractivity contribution in [2.45, 2.75) is 6.92 Å². The SMILES string of the molecule is Cc1nn(C)c2cc(Oc3ccnc(Cl)c3)cnc12. The maximum atomic E-state index is 5.81. The van der Waals surface area contributed by atoms with E-state index >= 15 is 0 Å². The molecule has 0 aliphatic carbocycles. The molecule has 5 nitrogen and oxygen atoms in total. The summed E-state index contributed by atoms with van der Waals surface area (Å²) in [6, 6.07) is 5.29. The topological polar surface area (TPSA) is 52.8 Å². The summed E-state index contributed by atoms with van der Waals surface area (Å²) in [5, 5.41) is 4.71. The third kappa shape index (κ3) is 2.24. The van der Waals surface area contributed by atoms with Crippen molar-refractivity contribution >= 4 is 22.6 Å². The van der Waals surface area contributed by atoms with Gasteiger partial charge in [-0.3, -0.25) is 4.68 Å². The molecule has 0 bridgehead atoms. The van der Waals surface area contributed by atoms with Crippen LogP contribution in [0.25, 0.3) is 11.0 Å². The first kappa shape index (κ1) is 11.9. The molecule has 3 heterocycles. The van der Waals surface area contributed by atoms with Crippen LogP contribution in [0.4, 0.5) is 0 Å². The fourth-order valence-electron chi connectivity index (χ4n) is 1.93. The maximum Gasteiger partial charge on any atom is 0.147 e. The molecular formula is C13H11ClN4O. The lowest BCUT2D eigenvalue weighted by atomic mass is 10.3. The molecule has 3 aromatic rings. The second-order valence-electron chi connectivity index (χ2n) is 4.16. The van der Waals surface area contributed by atoms with Crippen molar-refractivity contribution in [1.29, 1.82) is 0 Å². The molecule has 6 heteroatoms. The molecule has 3 rings (SSSR count). The van der Waals surface area contributed by atoms with E-state index < -0.39 is 0 Å². The van der Waals surface area contributed by atoms with E-state index in [1.807, 2.05) is 20.0 Å². The first-order valence-electron chi connectivity index (χ1n) is 5.72. The highest BCUT2D eigenvalue weighted by Gasteiger charge is 2.08. The van der Waals surface area contributed by atoms with Gasteiger partial charge in [-0.15, -0.1) is 0 Å². The quantitative estimate of drug-likeness (QED) is 0.674. The van der Waals surface area contributed by atoms with Crippen molar-refractivity contribution in [2.24, 2.45) is 7.05 Å². The van der Waals surface area contributed by atoms with E-state index in [4.69, 9.17) is 16.3 Å². The van der Waals surface area contributed by atoms with Crippen molar-refractivity contribution in [2.75, 3.05) is 0 Å². The largest absolute Gasteiger partial charge is 0.455 e. The van der Waals surface area contributed by atoms with Gasteiger partial charge in [0.15, 0.2) is 0 Å². The third-order valence-electron chi connectivity index (χ3n) is 2.77. The lowest BCUT2D eigenvalue weighted by Gasteiger charge is -2.05. The van der Waals surface area contributed by atoms with E-state index in [0.29, 0.717) is 16.7 Å². The zero-order valence-corrected chi connectivity index (χ0v) is 11.2. The van der Waals surface area contributed by atoms with E-state index in [9.17, 15) is 0 Å². The second-order valence-corrected chi connectivity index (χ2v) is 4.55. The van der Waals surface area contributed by atoms with Crippen LogP contribution >= 0.6 is 11.6 Å². The number of rotatable bonds is 2. The van der Waals surface area contributed by atoms with Gasteiger partial charge in [-0.1, -0.05) is 11.6 Å².